The van der Waals surface area contributed by atoms with Gasteiger partial charge in [0.1, 0.15) is 6.61 Å². The normalized spacial score (nSPS) is 9.47. The minimum absolute atomic E-state index is 0.209. The molecule has 4 nitrogen and oxygen atoms in total. The zero-order chi connectivity index (χ0) is 13.5. The van der Waals surface area contributed by atoms with E-state index in [-0.39, 0.29) is 6.61 Å². The minimum atomic E-state index is -0.452. The van der Waals surface area contributed by atoms with E-state index >= 15 is 0 Å². The number of hydrogen-bond acceptors (Lipinski definition) is 4. The van der Waals surface area contributed by atoms with Crippen LogP contribution in [0.2, 0.25) is 0 Å². The Bertz CT molecular complexity index is 616. The second-order valence-electron chi connectivity index (χ2n) is 3.82. The highest BCUT2D eigenvalue weighted by molar-refractivity contribution is 5.90. The van der Waals surface area contributed by atoms with Crippen LogP contribution in [0.1, 0.15) is 15.9 Å². The third-order valence-electron chi connectivity index (χ3n) is 2.47. The number of isocyanates is 1. The van der Waals surface area contributed by atoms with Crippen LogP contribution >= 0.6 is 0 Å². The fourth-order valence-electron chi connectivity index (χ4n) is 1.56. The predicted octanol–water partition coefficient (Wildman–Crippen LogP) is 3.01. The molecule has 19 heavy (non-hydrogen) atoms. The molecule has 0 amide bonds. The second kappa shape index (κ2) is 6.28. The van der Waals surface area contributed by atoms with Gasteiger partial charge < -0.3 is 4.74 Å². The van der Waals surface area contributed by atoms with Crippen LogP contribution in [0.3, 0.4) is 0 Å². The summed E-state index contributed by atoms with van der Waals surface area (Å²) < 4.78 is 5.17. The van der Waals surface area contributed by atoms with Crippen molar-refractivity contribution >= 4 is 17.7 Å². The molecule has 0 saturated heterocycles. The van der Waals surface area contributed by atoms with E-state index < -0.39 is 5.97 Å². The zero-order valence-electron chi connectivity index (χ0n) is 10.1. The quantitative estimate of drug-likeness (QED) is 0.478. The molecule has 0 fully saturated rings. The van der Waals surface area contributed by atoms with Gasteiger partial charge in [0.05, 0.1) is 11.3 Å². The molecule has 2 rings (SSSR count). The highest BCUT2D eigenvalue weighted by atomic mass is 16.5. The Balaban J connectivity index is 2.04. The summed E-state index contributed by atoms with van der Waals surface area (Å²) in [5, 5.41) is 0. The van der Waals surface area contributed by atoms with Crippen molar-refractivity contribution in [1.82, 2.24) is 0 Å². The van der Waals surface area contributed by atoms with Gasteiger partial charge in [-0.25, -0.2) is 9.59 Å². The highest BCUT2D eigenvalue weighted by Crippen LogP contribution is 2.14. The van der Waals surface area contributed by atoms with Crippen molar-refractivity contribution in [2.45, 2.75) is 6.61 Å². The molecule has 0 heterocycles. The van der Waals surface area contributed by atoms with Crippen LogP contribution in [0.4, 0.5) is 5.69 Å². The van der Waals surface area contributed by atoms with Gasteiger partial charge in [-0.3, -0.25) is 0 Å². The average Bonchev–Trinajstić information content (AvgIpc) is 2.46. The van der Waals surface area contributed by atoms with Crippen molar-refractivity contribution in [3.63, 3.8) is 0 Å². The molecule has 0 bridgehead atoms. The first-order chi connectivity index (χ1) is 9.29. The van der Waals surface area contributed by atoms with Crippen LogP contribution in [0, 0.1) is 0 Å². The lowest BCUT2D eigenvalue weighted by Gasteiger charge is -2.05. The van der Waals surface area contributed by atoms with Gasteiger partial charge in [0.25, 0.3) is 0 Å². The maximum Gasteiger partial charge on any atom is 0.338 e. The summed E-state index contributed by atoms with van der Waals surface area (Å²) >= 11 is 0. The average molecular weight is 253 g/mol. The lowest BCUT2D eigenvalue weighted by molar-refractivity contribution is 0.0473. The molecule has 0 aromatic heterocycles. The molecule has 0 aliphatic rings. The van der Waals surface area contributed by atoms with E-state index in [2.05, 4.69) is 4.99 Å². The number of rotatable bonds is 4. The first kappa shape index (κ1) is 12.7. The number of aliphatic imine (C=N–C) groups is 1. The largest absolute Gasteiger partial charge is 0.457 e. The Labute approximate surface area is 110 Å². The van der Waals surface area contributed by atoms with E-state index in [1.807, 2.05) is 30.3 Å². The molecule has 0 aliphatic carbocycles. The van der Waals surface area contributed by atoms with E-state index in [1.54, 1.807) is 18.2 Å². The van der Waals surface area contributed by atoms with Crippen molar-refractivity contribution in [3.8, 4) is 0 Å². The Morgan fingerprint density at radius 2 is 1.89 bits per heavy atom. The second-order valence-corrected chi connectivity index (χ2v) is 3.82. The molecule has 4 heteroatoms. The highest BCUT2D eigenvalue weighted by Gasteiger charge is 2.07. The number of esters is 1. The number of carbonyl (C=O) groups is 1. The summed E-state index contributed by atoms with van der Waals surface area (Å²) in [5.41, 5.74) is 1.65. The Kier molecular flexibility index (Phi) is 4.21. The molecule has 2 aromatic carbocycles. The summed E-state index contributed by atoms with van der Waals surface area (Å²) in [7, 11) is 0. The van der Waals surface area contributed by atoms with Crippen LogP contribution in [-0.4, -0.2) is 12.0 Å². The van der Waals surface area contributed by atoms with E-state index in [1.165, 1.54) is 12.1 Å². The Hall–Kier alpha value is -2.71. The third-order valence-corrected chi connectivity index (χ3v) is 2.47. The number of carbonyl (C=O) groups excluding carboxylic acids is 2. The SMILES string of the molecule is O=C=Nc1cccc(C(=O)OCc2ccccc2)c1. The third kappa shape index (κ3) is 3.63. The number of hydrogen-bond donors (Lipinski definition) is 0. The van der Waals surface area contributed by atoms with Gasteiger partial charge >= 0.3 is 5.97 Å². The topological polar surface area (TPSA) is 55.7 Å². The number of nitrogens with zero attached hydrogens (tertiary/aromatic N) is 1. The molecule has 2 aromatic rings. The van der Waals surface area contributed by atoms with Crippen molar-refractivity contribution in [1.29, 1.82) is 0 Å². The molecule has 0 radical (unpaired) electrons. The fourth-order valence-corrected chi connectivity index (χ4v) is 1.56. The van der Waals surface area contributed by atoms with Gasteiger partial charge in [-0.05, 0) is 23.8 Å². The van der Waals surface area contributed by atoms with Crippen LogP contribution in [0.25, 0.3) is 0 Å². The Morgan fingerprint density at radius 1 is 1.11 bits per heavy atom. The summed E-state index contributed by atoms with van der Waals surface area (Å²) in [4.78, 5) is 25.4. The van der Waals surface area contributed by atoms with Crippen molar-refractivity contribution in [3.05, 3.63) is 65.7 Å². The van der Waals surface area contributed by atoms with E-state index in [0.717, 1.165) is 5.56 Å². The first-order valence-electron chi connectivity index (χ1n) is 5.68. The minimum Gasteiger partial charge on any atom is -0.457 e. The van der Waals surface area contributed by atoms with Gasteiger partial charge in [0.2, 0.25) is 6.08 Å². The molecular weight excluding hydrogens is 242 g/mol. The molecule has 94 valence electrons. The van der Waals surface area contributed by atoms with Gasteiger partial charge in [0.15, 0.2) is 0 Å². The van der Waals surface area contributed by atoms with Crippen molar-refractivity contribution in [2.24, 2.45) is 4.99 Å². The maximum absolute atomic E-state index is 11.8. The van der Waals surface area contributed by atoms with Gasteiger partial charge in [-0.15, -0.1) is 0 Å². The summed E-state index contributed by atoms with van der Waals surface area (Å²) in [5.74, 6) is -0.452. The summed E-state index contributed by atoms with van der Waals surface area (Å²) in [6.07, 6.45) is 1.43. The van der Waals surface area contributed by atoms with Gasteiger partial charge in [-0.2, -0.15) is 4.99 Å². The van der Waals surface area contributed by atoms with Crippen LogP contribution in [-0.2, 0) is 16.1 Å². The zero-order valence-corrected chi connectivity index (χ0v) is 10.1. The molecule has 0 atom stereocenters. The van der Waals surface area contributed by atoms with E-state index in [4.69, 9.17) is 4.74 Å². The van der Waals surface area contributed by atoms with E-state index in [0.29, 0.717) is 11.3 Å². The lowest BCUT2D eigenvalue weighted by atomic mass is 10.2. The molecule has 0 spiro atoms. The molecular formula is C15H11NO3. The van der Waals surface area contributed by atoms with Gasteiger partial charge in [-0.1, -0.05) is 36.4 Å². The molecule has 0 N–H and O–H groups in total. The summed E-state index contributed by atoms with van der Waals surface area (Å²) in [6, 6.07) is 15.7. The predicted molar refractivity (Wildman–Crippen MR) is 69.8 cm³/mol. The lowest BCUT2D eigenvalue weighted by Crippen LogP contribution is -2.04. The summed E-state index contributed by atoms with van der Waals surface area (Å²) in [6.45, 7) is 0.209. The monoisotopic (exact) mass is 253 g/mol. The van der Waals surface area contributed by atoms with Crippen LogP contribution in [0.15, 0.2) is 59.6 Å². The van der Waals surface area contributed by atoms with Crippen molar-refractivity contribution in [2.75, 3.05) is 0 Å². The maximum atomic E-state index is 11.8. The molecule has 0 saturated carbocycles. The smallest absolute Gasteiger partial charge is 0.338 e. The fraction of sp³-hybridized carbons (Fsp3) is 0.0667. The van der Waals surface area contributed by atoms with Crippen LogP contribution in [0.5, 0.6) is 0 Å². The van der Waals surface area contributed by atoms with Crippen molar-refractivity contribution < 1.29 is 14.3 Å². The molecule has 0 aliphatic heterocycles. The standard InChI is InChI=1S/C15H11NO3/c17-11-16-14-8-4-7-13(9-14)15(18)19-10-12-5-2-1-3-6-12/h1-9H,10H2. The Morgan fingerprint density at radius 3 is 2.63 bits per heavy atom. The van der Waals surface area contributed by atoms with E-state index in [9.17, 15) is 9.59 Å². The first-order valence-corrected chi connectivity index (χ1v) is 5.68. The number of ether oxygens (including phenoxy) is 1. The molecule has 0 unspecified atom stereocenters. The number of benzene rings is 2. The van der Waals surface area contributed by atoms with Gasteiger partial charge in [0, 0.05) is 0 Å². The van der Waals surface area contributed by atoms with Crippen LogP contribution < -0.4 is 0 Å².